The summed E-state index contributed by atoms with van der Waals surface area (Å²) in [6.45, 7) is 0. The first-order chi connectivity index (χ1) is 6.98. The van der Waals surface area contributed by atoms with Gasteiger partial charge in [-0.3, -0.25) is 4.79 Å². The first-order valence-corrected chi connectivity index (χ1v) is 3.76. The van der Waals surface area contributed by atoms with E-state index in [1.807, 2.05) is 0 Å². The molecule has 2 rings (SSSR count). The summed E-state index contributed by atoms with van der Waals surface area (Å²) in [6, 6.07) is 0. The van der Waals surface area contributed by atoms with Gasteiger partial charge in [0.2, 0.25) is 5.82 Å². The van der Waals surface area contributed by atoms with Gasteiger partial charge in [-0.1, -0.05) is 0 Å². The Balaban J connectivity index is 2.79. The molecule has 0 aliphatic heterocycles. The molecule has 0 saturated carbocycles. The minimum absolute atomic E-state index is 0.169. The van der Waals surface area contributed by atoms with Gasteiger partial charge in [0.05, 0.1) is 6.20 Å². The zero-order chi connectivity index (χ0) is 11.1. The average Bonchev–Trinajstić information content (AvgIpc) is 2.16. The van der Waals surface area contributed by atoms with Crippen molar-refractivity contribution < 1.29 is 13.2 Å². The summed E-state index contributed by atoms with van der Waals surface area (Å²) in [6.07, 6.45) is -2.58. The van der Waals surface area contributed by atoms with Crippen LogP contribution in [0.15, 0.2) is 17.3 Å². The Morgan fingerprint density at radius 2 is 2.07 bits per heavy atom. The lowest BCUT2D eigenvalue weighted by atomic mass is 10.4. The second kappa shape index (κ2) is 3.01. The summed E-state index contributed by atoms with van der Waals surface area (Å²) in [5.74, 6) is -1.35. The van der Waals surface area contributed by atoms with E-state index in [1.54, 1.807) is 4.98 Å². The van der Waals surface area contributed by atoms with Crippen LogP contribution in [-0.4, -0.2) is 19.9 Å². The smallest absolute Gasteiger partial charge is 0.301 e. The number of nitrogens with zero attached hydrogens (tertiary/aromatic N) is 3. The highest BCUT2D eigenvalue weighted by Gasteiger charge is 2.34. The second-order valence-electron chi connectivity index (χ2n) is 2.67. The van der Waals surface area contributed by atoms with Gasteiger partial charge in [0.15, 0.2) is 5.52 Å². The van der Waals surface area contributed by atoms with E-state index in [0.29, 0.717) is 0 Å². The number of nitrogens with one attached hydrogen (secondary N) is 1. The van der Waals surface area contributed by atoms with Gasteiger partial charge in [-0.05, 0) is 0 Å². The van der Waals surface area contributed by atoms with Crippen LogP contribution in [0.4, 0.5) is 13.2 Å². The van der Waals surface area contributed by atoms with Crippen molar-refractivity contribution >= 4 is 11.0 Å². The van der Waals surface area contributed by atoms with Gasteiger partial charge >= 0.3 is 6.18 Å². The van der Waals surface area contributed by atoms with Crippen molar-refractivity contribution in [3.8, 4) is 0 Å². The largest absolute Gasteiger partial charge is 0.449 e. The van der Waals surface area contributed by atoms with Crippen LogP contribution < -0.4 is 5.56 Å². The van der Waals surface area contributed by atoms with Crippen molar-refractivity contribution in [1.82, 2.24) is 19.9 Å². The maximum absolute atomic E-state index is 12.2. The minimum Gasteiger partial charge on any atom is -0.301 e. The van der Waals surface area contributed by atoms with E-state index in [9.17, 15) is 18.0 Å². The summed E-state index contributed by atoms with van der Waals surface area (Å²) in [5, 5.41) is 0. The lowest BCUT2D eigenvalue weighted by Gasteiger charge is -2.04. The van der Waals surface area contributed by atoms with Crippen molar-refractivity contribution in [3.05, 3.63) is 28.7 Å². The van der Waals surface area contributed by atoms with Crippen molar-refractivity contribution in [3.63, 3.8) is 0 Å². The number of alkyl halides is 3. The van der Waals surface area contributed by atoms with E-state index in [4.69, 9.17) is 0 Å². The van der Waals surface area contributed by atoms with Crippen LogP contribution in [0.3, 0.4) is 0 Å². The molecule has 8 heteroatoms. The van der Waals surface area contributed by atoms with Crippen molar-refractivity contribution in [2.45, 2.75) is 6.18 Å². The quantitative estimate of drug-likeness (QED) is 0.704. The maximum atomic E-state index is 12.2. The number of hydrogen-bond acceptors (Lipinski definition) is 4. The molecule has 2 aromatic rings. The number of rotatable bonds is 0. The van der Waals surface area contributed by atoms with E-state index in [2.05, 4.69) is 15.0 Å². The van der Waals surface area contributed by atoms with Gasteiger partial charge in [-0.2, -0.15) is 13.2 Å². The molecule has 1 N–H and O–H groups in total. The molecule has 0 saturated heterocycles. The van der Waals surface area contributed by atoms with Gasteiger partial charge in [0.25, 0.3) is 5.56 Å². The average molecular weight is 216 g/mol. The Hall–Kier alpha value is -1.99. The van der Waals surface area contributed by atoms with Crippen molar-refractivity contribution in [2.75, 3.05) is 0 Å². The molecule has 2 aromatic heterocycles. The van der Waals surface area contributed by atoms with Crippen molar-refractivity contribution in [1.29, 1.82) is 0 Å². The third kappa shape index (κ3) is 1.65. The highest BCUT2D eigenvalue weighted by molar-refractivity contribution is 5.71. The Morgan fingerprint density at radius 3 is 2.73 bits per heavy atom. The monoisotopic (exact) mass is 216 g/mol. The van der Waals surface area contributed by atoms with Gasteiger partial charge in [-0.25, -0.2) is 15.0 Å². The molecule has 0 radical (unpaired) electrons. The van der Waals surface area contributed by atoms with Crippen molar-refractivity contribution in [2.24, 2.45) is 0 Å². The number of aromatic nitrogens is 4. The number of fused-ring (bicyclic) bond motifs is 1. The van der Waals surface area contributed by atoms with Crippen LogP contribution >= 0.6 is 0 Å². The SMILES string of the molecule is O=c1[nH]c(C(F)(F)F)nc2cncnc12. The maximum Gasteiger partial charge on any atom is 0.449 e. The Labute approximate surface area is 80.0 Å². The van der Waals surface area contributed by atoms with E-state index in [1.165, 1.54) is 0 Å². The van der Waals surface area contributed by atoms with Gasteiger partial charge < -0.3 is 4.98 Å². The summed E-state index contributed by atoms with van der Waals surface area (Å²) in [7, 11) is 0. The fraction of sp³-hybridized carbons (Fsp3) is 0.143. The highest BCUT2D eigenvalue weighted by atomic mass is 19.4. The van der Waals surface area contributed by atoms with Crippen LogP contribution in [0, 0.1) is 0 Å². The minimum atomic E-state index is -4.69. The molecule has 0 fully saturated rings. The Kier molecular flexibility index (Phi) is 1.92. The first-order valence-electron chi connectivity index (χ1n) is 3.76. The van der Waals surface area contributed by atoms with Crippen LogP contribution in [0.2, 0.25) is 0 Å². The fourth-order valence-electron chi connectivity index (χ4n) is 1.03. The molecule has 0 aromatic carbocycles. The van der Waals surface area contributed by atoms with Crippen LogP contribution in [-0.2, 0) is 6.18 Å². The molecule has 0 aliphatic carbocycles. The van der Waals surface area contributed by atoms with Crippen LogP contribution in [0.5, 0.6) is 0 Å². The molecular formula is C7H3F3N4O. The molecule has 0 atom stereocenters. The second-order valence-corrected chi connectivity index (χ2v) is 2.67. The molecule has 0 amide bonds. The summed E-state index contributed by atoms with van der Waals surface area (Å²) < 4.78 is 36.7. The highest BCUT2D eigenvalue weighted by Crippen LogP contribution is 2.25. The Bertz CT molecular complexity index is 562. The topological polar surface area (TPSA) is 71.5 Å². The molecule has 0 bridgehead atoms. The predicted octanol–water partition coefficient (Wildman–Crippen LogP) is 0.732. The van der Waals surface area contributed by atoms with Gasteiger partial charge in [0.1, 0.15) is 11.8 Å². The first kappa shape index (κ1) is 9.56. The van der Waals surface area contributed by atoms with E-state index in [-0.39, 0.29) is 11.0 Å². The molecule has 5 nitrogen and oxygen atoms in total. The van der Waals surface area contributed by atoms with Gasteiger partial charge in [0, 0.05) is 0 Å². The summed E-state index contributed by atoms with van der Waals surface area (Å²) in [5.41, 5.74) is -1.29. The molecule has 2 heterocycles. The summed E-state index contributed by atoms with van der Waals surface area (Å²) in [4.78, 5) is 23.0. The lowest BCUT2D eigenvalue weighted by molar-refractivity contribution is -0.144. The summed E-state index contributed by atoms with van der Waals surface area (Å²) >= 11 is 0. The molecule has 15 heavy (non-hydrogen) atoms. The van der Waals surface area contributed by atoms with E-state index >= 15 is 0 Å². The Morgan fingerprint density at radius 1 is 1.33 bits per heavy atom. The number of hydrogen-bond donors (Lipinski definition) is 1. The van der Waals surface area contributed by atoms with E-state index in [0.717, 1.165) is 12.5 Å². The number of aromatic amines is 1. The molecule has 0 spiro atoms. The lowest BCUT2D eigenvalue weighted by Crippen LogP contribution is -2.19. The molecule has 0 aliphatic rings. The molecule has 78 valence electrons. The third-order valence-corrected chi connectivity index (χ3v) is 1.64. The normalized spacial score (nSPS) is 11.9. The zero-order valence-corrected chi connectivity index (χ0v) is 7.04. The fourth-order valence-corrected chi connectivity index (χ4v) is 1.03. The van der Waals surface area contributed by atoms with Crippen LogP contribution in [0.1, 0.15) is 5.82 Å². The van der Waals surface area contributed by atoms with Crippen LogP contribution in [0.25, 0.3) is 11.0 Å². The van der Waals surface area contributed by atoms with E-state index < -0.39 is 17.6 Å². The standard InChI is InChI=1S/C7H3F3N4O/c8-7(9,10)6-13-3-1-11-2-12-4(3)5(15)14-6/h1-2H,(H,13,14,15). The number of halogens is 3. The zero-order valence-electron chi connectivity index (χ0n) is 7.04. The molecular weight excluding hydrogens is 213 g/mol. The predicted molar refractivity (Wildman–Crippen MR) is 43.0 cm³/mol. The number of H-pyrrole nitrogens is 1. The molecule has 0 unspecified atom stereocenters. The third-order valence-electron chi connectivity index (χ3n) is 1.64. The van der Waals surface area contributed by atoms with Gasteiger partial charge in [-0.15, -0.1) is 0 Å².